The summed E-state index contributed by atoms with van der Waals surface area (Å²) in [6, 6.07) is 4.33. The molecule has 0 heterocycles. The number of hydrogen-bond acceptors (Lipinski definition) is 3. The molecule has 0 saturated carbocycles. The summed E-state index contributed by atoms with van der Waals surface area (Å²) in [5.41, 5.74) is 9.54. The lowest BCUT2D eigenvalue weighted by molar-refractivity contribution is 0.410. The zero-order valence-corrected chi connectivity index (χ0v) is 13.2. The number of methoxy groups -OCH3 is 1. The first-order chi connectivity index (χ1) is 8.74. The van der Waals surface area contributed by atoms with Gasteiger partial charge in [0.2, 0.25) is 0 Å². The summed E-state index contributed by atoms with van der Waals surface area (Å²) in [6.07, 6.45) is 2.10. The van der Waals surface area contributed by atoms with Gasteiger partial charge in [0.25, 0.3) is 0 Å². The molecule has 108 valence electrons. The van der Waals surface area contributed by atoms with Gasteiger partial charge in [-0.1, -0.05) is 6.07 Å². The van der Waals surface area contributed by atoms with Gasteiger partial charge in [0.1, 0.15) is 5.75 Å². The zero-order chi connectivity index (χ0) is 14.6. The van der Waals surface area contributed by atoms with Crippen LogP contribution in [0.1, 0.15) is 37.8 Å². The van der Waals surface area contributed by atoms with Gasteiger partial charge in [-0.3, -0.25) is 0 Å². The van der Waals surface area contributed by atoms with Crippen molar-refractivity contribution in [3.63, 3.8) is 0 Å². The normalized spacial score (nSPS) is 11.5. The van der Waals surface area contributed by atoms with Crippen molar-refractivity contribution in [2.24, 2.45) is 5.73 Å². The van der Waals surface area contributed by atoms with Crippen LogP contribution in [-0.4, -0.2) is 26.2 Å². The Hall–Kier alpha value is -1.22. The standard InChI is InChI=1S/C16H28N2O/c1-12-10-13(2)15(19-6)14(11-12)18(5)9-7-8-16(3,4)17/h10-11H,7-9,17H2,1-6H3. The van der Waals surface area contributed by atoms with Crippen LogP contribution >= 0.6 is 0 Å². The molecule has 0 aliphatic heterocycles. The lowest BCUT2D eigenvalue weighted by Crippen LogP contribution is -2.33. The minimum absolute atomic E-state index is 0.0898. The van der Waals surface area contributed by atoms with Crippen LogP contribution in [-0.2, 0) is 0 Å². The fraction of sp³-hybridized carbons (Fsp3) is 0.625. The lowest BCUT2D eigenvalue weighted by atomic mass is 10.00. The minimum Gasteiger partial charge on any atom is -0.494 e. The summed E-state index contributed by atoms with van der Waals surface area (Å²) >= 11 is 0. The molecular formula is C16H28N2O. The molecule has 0 fully saturated rings. The first-order valence-electron chi connectivity index (χ1n) is 6.90. The molecule has 0 spiro atoms. The Morgan fingerprint density at radius 1 is 1.26 bits per heavy atom. The topological polar surface area (TPSA) is 38.5 Å². The Bertz CT molecular complexity index is 421. The third kappa shape index (κ3) is 4.75. The minimum atomic E-state index is -0.0898. The van der Waals surface area contributed by atoms with E-state index in [-0.39, 0.29) is 5.54 Å². The van der Waals surface area contributed by atoms with Gasteiger partial charge in [-0.25, -0.2) is 0 Å². The molecule has 1 aromatic rings. The van der Waals surface area contributed by atoms with Crippen LogP contribution in [0.4, 0.5) is 5.69 Å². The van der Waals surface area contributed by atoms with E-state index in [1.54, 1.807) is 7.11 Å². The number of aryl methyl sites for hydroxylation is 2. The van der Waals surface area contributed by atoms with Crippen LogP contribution in [0.25, 0.3) is 0 Å². The number of anilines is 1. The van der Waals surface area contributed by atoms with Crippen molar-refractivity contribution in [2.75, 3.05) is 25.6 Å². The highest BCUT2D eigenvalue weighted by Crippen LogP contribution is 2.32. The molecule has 0 unspecified atom stereocenters. The van der Waals surface area contributed by atoms with Gasteiger partial charge in [0.15, 0.2) is 0 Å². The molecule has 3 nitrogen and oxygen atoms in total. The molecule has 0 atom stereocenters. The van der Waals surface area contributed by atoms with Crippen LogP contribution in [0.5, 0.6) is 5.75 Å². The molecule has 0 radical (unpaired) electrons. The van der Waals surface area contributed by atoms with Crippen molar-refractivity contribution in [1.82, 2.24) is 0 Å². The molecule has 0 bridgehead atoms. The fourth-order valence-corrected chi connectivity index (χ4v) is 2.37. The second-order valence-electron chi connectivity index (χ2n) is 6.15. The number of nitrogens with two attached hydrogens (primary N) is 1. The van der Waals surface area contributed by atoms with Gasteiger partial charge < -0.3 is 15.4 Å². The number of ether oxygens (including phenoxy) is 1. The molecule has 0 aliphatic carbocycles. The summed E-state index contributed by atoms with van der Waals surface area (Å²) in [7, 11) is 3.85. The van der Waals surface area contributed by atoms with Gasteiger partial charge in [-0.05, 0) is 57.7 Å². The highest BCUT2D eigenvalue weighted by molar-refractivity contribution is 5.63. The summed E-state index contributed by atoms with van der Waals surface area (Å²) in [5, 5.41) is 0. The predicted molar refractivity (Wildman–Crippen MR) is 83.2 cm³/mol. The Labute approximate surface area is 117 Å². The van der Waals surface area contributed by atoms with Gasteiger partial charge in [0.05, 0.1) is 12.8 Å². The van der Waals surface area contributed by atoms with E-state index >= 15 is 0 Å². The average Bonchev–Trinajstić information content (AvgIpc) is 2.26. The third-order valence-corrected chi connectivity index (χ3v) is 3.33. The van der Waals surface area contributed by atoms with Gasteiger partial charge in [-0.2, -0.15) is 0 Å². The van der Waals surface area contributed by atoms with Crippen molar-refractivity contribution >= 4 is 5.69 Å². The van der Waals surface area contributed by atoms with E-state index in [9.17, 15) is 0 Å². The van der Waals surface area contributed by atoms with E-state index in [1.165, 1.54) is 11.1 Å². The summed E-state index contributed by atoms with van der Waals surface area (Å²) in [4.78, 5) is 2.25. The zero-order valence-electron chi connectivity index (χ0n) is 13.2. The maximum Gasteiger partial charge on any atom is 0.145 e. The molecule has 1 aromatic carbocycles. The van der Waals surface area contributed by atoms with Crippen molar-refractivity contribution in [1.29, 1.82) is 0 Å². The van der Waals surface area contributed by atoms with E-state index in [1.807, 2.05) is 0 Å². The second kappa shape index (κ2) is 6.29. The maximum absolute atomic E-state index is 6.02. The second-order valence-corrected chi connectivity index (χ2v) is 6.15. The lowest BCUT2D eigenvalue weighted by Gasteiger charge is -2.25. The van der Waals surface area contributed by atoms with Crippen LogP contribution in [0.15, 0.2) is 12.1 Å². The molecular weight excluding hydrogens is 236 g/mol. The molecule has 1 rings (SSSR count). The maximum atomic E-state index is 6.02. The quantitative estimate of drug-likeness (QED) is 0.857. The molecule has 0 aromatic heterocycles. The van der Waals surface area contributed by atoms with Crippen LogP contribution in [0, 0.1) is 13.8 Å². The molecule has 0 saturated heterocycles. The number of hydrogen-bond donors (Lipinski definition) is 1. The fourth-order valence-electron chi connectivity index (χ4n) is 2.37. The number of rotatable bonds is 6. The number of benzene rings is 1. The highest BCUT2D eigenvalue weighted by atomic mass is 16.5. The Morgan fingerprint density at radius 2 is 1.89 bits per heavy atom. The molecule has 2 N–H and O–H groups in total. The Balaban J connectivity index is 2.79. The molecule has 19 heavy (non-hydrogen) atoms. The predicted octanol–water partition coefficient (Wildman–Crippen LogP) is 3.27. The van der Waals surface area contributed by atoms with Crippen molar-refractivity contribution < 1.29 is 4.74 Å². The smallest absolute Gasteiger partial charge is 0.145 e. The SMILES string of the molecule is COc1c(C)cc(C)cc1N(C)CCCC(C)(C)N. The first-order valence-corrected chi connectivity index (χ1v) is 6.90. The summed E-state index contributed by atoms with van der Waals surface area (Å²) in [5.74, 6) is 0.972. The monoisotopic (exact) mass is 264 g/mol. The Kier molecular flexibility index (Phi) is 5.24. The van der Waals surface area contributed by atoms with E-state index in [0.29, 0.717) is 0 Å². The van der Waals surface area contributed by atoms with E-state index < -0.39 is 0 Å². The highest BCUT2D eigenvalue weighted by Gasteiger charge is 2.14. The largest absolute Gasteiger partial charge is 0.494 e. The van der Waals surface area contributed by atoms with Crippen molar-refractivity contribution in [3.8, 4) is 5.75 Å². The van der Waals surface area contributed by atoms with Gasteiger partial charge >= 0.3 is 0 Å². The molecule has 0 amide bonds. The molecule has 3 heteroatoms. The van der Waals surface area contributed by atoms with Crippen molar-refractivity contribution in [2.45, 2.75) is 46.1 Å². The van der Waals surface area contributed by atoms with E-state index in [0.717, 1.165) is 30.8 Å². The van der Waals surface area contributed by atoms with Crippen LogP contribution in [0.2, 0.25) is 0 Å². The summed E-state index contributed by atoms with van der Waals surface area (Å²) < 4.78 is 5.53. The van der Waals surface area contributed by atoms with Crippen LogP contribution < -0.4 is 15.4 Å². The van der Waals surface area contributed by atoms with E-state index in [4.69, 9.17) is 10.5 Å². The van der Waals surface area contributed by atoms with Crippen LogP contribution in [0.3, 0.4) is 0 Å². The number of nitrogens with zero attached hydrogens (tertiary/aromatic N) is 1. The van der Waals surface area contributed by atoms with Gasteiger partial charge in [-0.15, -0.1) is 0 Å². The summed E-state index contributed by atoms with van der Waals surface area (Å²) in [6.45, 7) is 9.34. The van der Waals surface area contributed by atoms with Crippen molar-refractivity contribution in [3.05, 3.63) is 23.3 Å². The average molecular weight is 264 g/mol. The van der Waals surface area contributed by atoms with E-state index in [2.05, 4.69) is 51.8 Å². The van der Waals surface area contributed by atoms with Gasteiger partial charge in [0, 0.05) is 19.1 Å². The Morgan fingerprint density at radius 3 is 2.42 bits per heavy atom. The third-order valence-electron chi connectivity index (χ3n) is 3.33. The first kappa shape index (κ1) is 15.8. The molecule has 0 aliphatic rings.